The van der Waals surface area contributed by atoms with Gasteiger partial charge in [0, 0.05) is 12.1 Å². The highest BCUT2D eigenvalue weighted by atomic mass is 16.5. The fourth-order valence-corrected chi connectivity index (χ4v) is 2.76. The number of hydrogen-bond acceptors (Lipinski definition) is 4. The van der Waals surface area contributed by atoms with Gasteiger partial charge in [0.1, 0.15) is 11.5 Å². The van der Waals surface area contributed by atoms with E-state index < -0.39 is 0 Å². The molecule has 3 N–H and O–H groups in total. The SMILES string of the molecule is Nc1cc2c(cc1OC1CCCCCC1)NC(=O)CO2. The third-order valence-corrected chi connectivity index (χ3v) is 3.84. The van der Waals surface area contributed by atoms with E-state index in [4.69, 9.17) is 15.2 Å². The second-order valence-electron chi connectivity index (χ2n) is 5.45. The molecule has 20 heavy (non-hydrogen) atoms. The summed E-state index contributed by atoms with van der Waals surface area (Å²) < 4.78 is 11.4. The highest BCUT2D eigenvalue weighted by Gasteiger charge is 2.20. The van der Waals surface area contributed by atoms with Crippen LogP contribution in [-0.4, -0.2) is 18.6 Å². The Balaban J connectivity index is 1.78. The van der Waals surface area contributed by atoms with E-state index in [0.717, 1.165) is 12.8 Å². The molecule has 1 heterocycles. The van der Waals surface area contributed by atoms with Gasteiger partial charge >= 0.3 is 0 Å². The zero-order valence-corrected chi connectivity index (χ0v) is 11.5. The molecular formula is C15H20N2O3. The Kier molecular flexibility index (Phi) is 3.67. The van der Waals surface area contributed by atoms with E-state index in [0.29, 0.717) is 22.9 Å². The molecule has 0 spiro atoms. The summed E-state index contributed by atoms with van der Waals surface area (Å²) in [5.74, 6) is 1.10. The standard InChI is InChI=1S/C15H20N2O3/c16-11-7-14-12(17-15(18)9-19-14)8-13(11)20-10-5-3-1-2-4-6-10/h7-8,10H,1-6,9,16H2,(H,17,18). The molecular weight excluding hydrogens is 256 g/mol. The lowest BCUT2D eigenvalue weighted by atomic mass is 10.1. The van der Waals surface area contributed by atoms with Gasteiger partial charge in [-0.2, -0.15) is 0 Å². The molecule has 1 aliphatic heterocycles. The van der Waals surface area contributed by atoms with Crippen molar-refractivity contribution >= 4 is 17.3 Å². The van der Waals surface area contributed by atoms with Crippen molar-refractivity contribution in [1.82, 2.24) is 0 Å². The third-order valence-electron chi connectivity index (χ3n) is 3.84. The van der Waals surface area contributed by atoms with Crippen molar-refractivity contribution in [3.8, 4) is 11.5 Å². The minimum absolute atomic E-state index is 0.0370. The minimum atomic E-state index is -0.150. The van der Waals surface area contributed by atoms with E-state index >= 15 is 0 Å². The van der Waals surface area contributed by atoms with Gasteiger partial charge < -0.3 is 20.5 Å². The monoisotopic (exact) mass is 276 g/mol. The molecule has 1 aromatic rings. The lowest BCUT2D eigenvalue weighted by Gasteiger charge is -2.22. The fraction of sp³-hybridized carbons (Fsp3) is 0.533. The van der Waals surface area contributed by atoms with Crippen molar-refractivity contribution in [3.63, 3.8) is 0 Å². The number of carbonyl (C=O) groups excluding carboxylic acids is 1. The van der Waals surface area contributed by atoms with Crippen LogP contribution in [0, 0.1) is 0 Å². The number of benzene rings is 1. The van der Waals surface area contributed by atoms with Gasteiger partial charge in [0.15, 0.2) is 6.61 Å². The van der Waals surface area contributed by atoms with Crippen LogP contribution >= 0.6 is 0 Å². The van der Waals surface area contributed by atoms with Gasteiger partial charge in [-0.05, 0) is 25.7 Å². The molecule has 0 aromatic heterocycles. The number of rotatable bonds is 2. The number of amides is 1. The van der Waals surface area contributed by atoms with Crippen LogP contribution < -0.4 is 20.5 Å². The van der Waals surface area contributed by atoms with Gasteiger partial charge in [0.05, 0.1) is 17.5 Å². The summed E-state index contributed by atoms with van der Waals surface area (Å²) >= 11 is 0. The van der Waals surface area contributed by atoms with E-state index in [2.05, 4.69) is 5.32 Å². The molecule has 5 nitrogen and oxygen atoms in total. The van der Waals surface area contributed by atoms with Gasteiger partial charge in [-0.15, -0.1) is 0 Å². The number of hydrogen-bond donors (Lipinski definition) is 2. The summed E-state index contributed by atoms with van der Waals surface area (Å²) in [7, 11) is 0. The minimum Gasteiger partial charge on any atom is -0.488 e. The molecule has 0 saturated heterocycles. The summed E-state index contributed by atoms with van der Waals surface area (Å²) in [5, 5.41) is 2.78. The summed E-state index contributed by atoms with van der Waals surface area (Å²) in [5.41, 5.74) is 7.22. The predicted molar refractivity (Wildman–Crippen MR) is 77.1 cm³/mol. The number of ether oxygens (including phenoxy) is 2. The largest absolute Gasteiger partial charge is 0.488 e. The van der Waals surface area contributed by atoms with Crippen LogP contribution in [-0.2, 0) is 4.79 Å². The fourth-order valence-electron chi connectivity index (χ4n) is 2.76. The Morgan fingerprint density at radius 2 is 1.95 bits per heavy atom. The van der Waals surface area contributed by atoms with Gasteiger partial charge in [0.2, 0.25) is 0 Å². The van der Waals surface area contributed by atoms with E-state index in [1.165, 1.54) is 25.7 Å². The number of nitrogen functional groups attached to an aromatic ring is 1. The van der Waals surface area contributed by atoms with Crippen molar-refractivity contribution in [3.05, 3.63) is 12.1 Å². The summed E-state index contributed by atoms with van der Waals surface area (Å²) in [6.45, 7) is 0.0370. The van der Waals surface area contributed by atoms with Crippen molar-refractivity contribution in [2.75, 3.05) is 17.7 Å². The lowest BCUT2D eigenvalue weighted by Crippen LogP contribution is -2.25. The molecule has 2 aliphatic rings. The Hall–Kier alpha value is -1.91. The van der Waals surface area contributed by atoms with Crippen LogP contribution in [0.1, 0.15) is 38.5 Å². The first-order chi connectivity index (χ1) is 9.72. The van der Waals surface area contributed by atoms with Gasteiger partial charge in [-0.1, -0.05) is 12.8 Å². The molecule has 1 aromatic carbocycles. The molecule has 1 saturated carbocycles. The first kappa shape index (κ1) is 13.1. The molecule has 1 fully saturated rings. The number of nitrogens with two attached hydrogens (primary N) is 1. The molecule has 1 aliphatic carbocycles. The number of nitrogens with one attached hydrogen (secondary N) is 1. The van der Waals surface area contributed by atoms with E-state index in [1.54, 1.807) is 12.1 Å². The van der Waals surface area contributed by atoms with Crippen LogP contribution in [0.15, 0.2) is 12.1 Å². The molecule has 3 rings (SSSR count). The van der Waals surface area contributed by atoms with Gasteiger partial charge in [-0.3, -0.25) is 4.79 Å². The topological polar surface area (TPSA) is 73.6 Å². The normalized spacial score (nSPS) is 19.5. The van der Waals surface area contributed by atoms with Crippen LogP contribution in [0.3, 0.4) is 0 Å². The highest BCUT2D eigenvalue weighted by molar-refractivity contribution is 5.96. The number of carbonyl (C=O) groups is 1. The first-order valence-electron chi connectivity index (χ1n) is 7.25. The highest BCUT2D eigenvalue weighted by Crippen LogP contribution is 2.37. The molecule has 1 amide bonds. The van der Waals surface area contributed by atoms with Crippen molar-refractivity contribution < 1.29 is 14.3 Å². The summed E-state index contributed by atoms with van der Waals surface area (Å²) in [4.78, 5) is 11.3. The predicted octanol–water partition coefficient (Wildman–Crippen LogP) is 2.70. The molecule has 108 valence electrons. The summed E-state index contributed by atoms with van der Waals surface area (Å²) in [6.07, 6.45) is 7.33. The second kappa shape index (κ2) is 5.61. The smallest absolute Gasteiger partial charge is 0.262 e. The molecule has 0 atom stereocenters. The van der Waals surface area contributed by atoms with E-state index in [-0.39, 0.29) is 18.6 Å². The molecule has 0 radical (unpaired) electrons. The lowest BCUT2D eigenvalue weighted by molar-refractivity contribution is -0.118. The zero-order chi connectivity index (χ0) is 13.9. The van der Waals surface area contributed by atoms with Crippen LogP contribution in [0.25, 0.3) is 0 Å². The molecule has 0 unspecified atom stereocenters. The van der Waals surface area contributed by atoms with Crippen molar-refractivity contribution in [2.45, 2.75) is 44.6 Å². The maximum absolute atomic E-state index is 11.3. The number of fused-ring (bicyclic) bond motifs is 1. The average Bonchev–Trinajstić information content (AvgIpc) is 2.69. The Labute approximate surface area is 118 Å². The van der Waals surface area contributed by atoms with E-state index in [1.807, 2.05) is 0 Å². The summed E-state index contributed by atoms with van der Waals surface area (Å²) in [6, 6.07) is 3.49. The molecule has 0 bridgehead atoms. The van der Waals surface area contributed by atoms with Gasteiger partial charge in [0.25, 0.3) is 5.91 Å². The van der Waals surface area contributed by atoms with Crippen molar-refractivity contribution in [1.29, 1.82) is 0 Å². The molecule has 5 heteroatoms. The average molecular weight is 276 g/mol. The first-order valence-corrected chi connectivity index (χ1v) is 7.25. The maximum Gasteiger partial charge on any atom is 0.262 e. The Morgan fingerprint density at radius 3 is 2.70 bits per heavy atom. The zero-order valence-electron chi connectivity index (χ0n) is 11.5. The van der Waals surface area contributed by atoms with Crippen LogP contribution in [0.2, 0.25) is 0 Å². The van der Waals surface area contributed by atoms with Gasteiger partial charge in [-0.25, -0.2) is 0 Å². The Bertz CT molecular complexity index is 508. The van der Waals surface area contributed by atoms with Crippen LogP contribution in [0.5, 0.6) is 11.5 Å². The maximum atomic E-state index is 11.3. The third kappa shape index (κ3) is 2.81. The second-order valence-corrected chi connectivity index (χ2v) is 5.45. The van der Waals surface area contributed by atoms with Crippen LogP contribution in [0.4, 0.5) is 11.4 Å². The number of anilines is 2. The quantitative estimate of drug-likeness (QED) is 0.643. The van der Waals surface area contributed by atoms with Crippen molar-refractivity contribution in [2.24, 2.45) is 0 Å². The van der Waals surface area contributed by atoms with E-state index in [9.17, 15) is 4.79 Å². The Morgan fingerprint density at radius 1 is 1.20 bits per heavy atom.